The summed E-state index contributed by atoms with van der Waals surface area (Å²) in [7, 11) is -1.24. The van der Waals surface area contributed by atoms with Crippen LogP contribution in [-0.4, -0.2) is 86.1 Å². The zero-order chi connectivity index (χ0) is 20.3. The van der Waals surface area contributed by atoms with Crippen LogP contribution < -0.4 is 14.9 Å². The molecule has 0 radical (unpaired) electrons. The normalized spacial score (nSPS) is 21.0. The number of aryl methyl sites for hydroxylation is 1. The number of fused-ring (bicyclic) bond motifs is 1. The molecule has 1 aliphatic carbocycles. The number of hydrogen-bond acceptors (Lipinski definition) is 8. The van der Waals surface area contributed by atoms with Crippen LogP contribution >= 0.6 is 0 Å². The van der Waals surface area contributed by atoms with Crippen LogP contribution in [0, 0.1) is 0 Å². The van der Waals surface area contributed by atoms with E-state index >= 15 is 0 Å². The maximum absolute atomic E-state index is 12.1. The van der Waals surface area contributed by atoms with Gasteiger partial charge in [-0.2, -0.15) is 4.98 Å². The number of hydrogen-bond donors (Lipinski definition) is 3. The minimum absolute atomic E-state index is 0.0314. The fraction of sp³-hybridized carbons (Fsp3) is 0.778. The van der Waals surface area contributed by atoms with E-state index in [2.05, 4.69) is 26.9 Å². The average Bonchev–Trinajstić information content (AvgIpc) is 2.61. The van der Waals surface area contributed by atoms with E-state index < -0.39 is 16.1 Å². The third-order valence-corrected chi connectivity index (χ3v) is 6.67. The first-order chi connectivity index (χ1) is 13.2. The fourth-order valence-electron chi connectivity index (χ4n) is 3.60. The first-order valence-electron chi connectivity index (χ1n) is 9.99. The van der Waals surface area contributed by atoms with Gasteiger partial charge in [0.15, 0.2) is 0 Å². The van der Waals surface area contributed by atoms with Gasteiger partial charge in [0.1, 0.15) is 5.82 Å². The highest BCUT2D eigenvalue weighted by atomic mass is 32.2. The Bertz CT molecular complexity index is 778. The van der Waals surface area contributed by atoms with Gasteiger partial charge in [-0.15, -0.1) is 0 Å². The molecular weight excluding hydrogens is 380 g/mol. The standard InChI is InChI=1S/C18H32N6O3S/c1-13(2)22-28(26,27)11-6-19-17-15-12-14(25)4-5-16(15)20-18(21-17)24-9-7-23(3)8-10-24/h13-14,22,25H,4-12H2,1-3H3,(H,19,20,21). The number of nitrogens with zero attached hydrogens (tertiary/aromatic N) is 4. The number of piperazine rings is 1. The molecule has 10 heteroatoms. The van der Waals surface area contributed by atoms with E-state index in [1.54, 1.807) is 13.8 Å². The lowest BCUT2D eigenvalue weighted by Gasteiger charge is -2.33. The molecule has 3 N–H and O–H groups in total. The Morgan fingerprint density at radius 2 is 1.93 bits per heavy atom. The van der Waals surface area contributed by atoms with Crippen molar-refractivity contribution in [3.63, 3.8) is 0 Å². The highest BCUT2D eigenvalue weighted by Crippen LogP contribution is 2.28. The summed E-state index contributed by atoms with van der Waals surface area (Å²) in [6.45, 7) is 7.50. The SMILES string of the molecule is CC(C)NS(=O)(=O)CCNc1nc(N2CCN(C)CC2)nc2c1CC(O)CC2. The Balaban J connectivity index is 1.77. The molecule has 2 heterocycles. The van der Waals surface area contributed by atoms with Crippen molar-refractivity contribution in [3.8, 4) is 0 Å². The van der Waals surface area contributed by atoms with Gasteiger partial charge in [-0.3, -0.25) is 0 Å². The molecule has 0 saturated carbocycles. The van der Waals surface area contributed by atoms with Crippen LogP contribution in [0.4, 0.5) is 11.8 Å². The molecular formula is C18H32N6O3S. The zero-order valence-corrected chi connectivity index (χ0v) is 17.8. The van der Waals surface area contributed by atoms with Crippen molar-refractivity contribution in [3.05, 3.63) is 11.3 Å². The van der Waals surface area contributed by atoms with Crippen LogP contribution in [0.3, 0.4) is 0 Å². The van der Waals surface area contributed by atoms with E-state index in [9.17, 15) is 13.5 Å². The van der Waals surface area contributed by atoms with E-state index in [0.717, 1.165) is 37.4 Å². The monoisotopic (exact) mass is 412 g/mol. The lowest BCUT2D eigenvalue weighted by molar-refractivity contribution is 0.157. The van der Waals surface area contributed by atoms with Gasteiger partial charge in [-0.25, -0.2) is 18.1 Å². The van der Waals surface area contributed by atoms with E-state index in [1.165, 1.54) is 0 Å². The van der Waals surface area contributed by atoms with Crippen molar-refractivity contribution in [1.82, 2.24) is 19.6 Å². The second-order valence-corrected chi connectivity index (χ2v) is 9.88. The maximum atomic E-state index is 12.1. The van der Waals surface area contributed by atoms with Crippen molar-refractivity contribution >= 4 is 21.8 Å². The molecule has 1 saturated heterocycles. The second-order valence-electron chi connectivity index (χ2n) is 8.00. The number of likely N-dealkylation sites (N-methyl/N-ethyl adjacent to an activating group) is 1. The van der Waals surface area contributed by atoms with E-state index in [-0.39, 0.29) is 18.3 Å². The molecule has 3 rings (SSSR count). The van der Waals surface area contributed by atoms with Crippen LogP contribution in [0.5, 0.6) is 0 Å². The second kappa shape index (κ2) is 8.89. The largest absolute Gasteiger partial charge is 0.393 e. The first-order valence-corrected chi connectivity index (χ1v) is 11.6. The lowest BCUT2D eigenvalue weighted by Crippen LogP contribution is -2.45. The smallest absolute Gasteiger partial charge is 0.227 e. The Hall–Kier alpha value is -1.49. The molecule has 0 amide bonds. The summed E-state index contributed by atoms with van der Waals surface area (Å²) in [4.78, 5) is 13.9. The molecule has 0 bridgehead atoms. The minimum Gasteiger partial charge on any atom is -0.393 e. The predicted octanol–water partition coefficient (Wildman–Crippen LogP) is -0.182. The number of aromatic nitrogens is 2. The average molecular weight is 413 g/mol. The molecule has 1 atom stereocenters. The van der Waals surface area contributed by atoms with E-state index in [4.69, 9.17) is 9.97 Å². The van der Waals surface area contributed by atoms with E-state index in [1.807, 2.05) is 0 Å². The third-order valence-electron chi connectivity index (χ3n) is 5.10. The van der Waals surface area contributed by atoms with Gasteiger partial charge >= 0.3 is 0 Å². The number of sulfonamides is 1. The molecule has 9 nitrogen and oxygen atoms in total. The first kappa shape index (κ1) is 21.2. The van der Waals surface area contributed by atoms with Crippen molar-refractivity contribution < 1.29 is 13.5 Å². The van der Waals surface area contributed by atoms with Gasteiger partial charge in [-0.1, -0.05) is 0 Å². The molecule has 28 heavy (non-hydrogen) atoms. The van der Waals surface area contributed by atoms with Crippen molar-refractivity contribution in [2.45, 2.75) is 45.3 Å². The van der Waals surface area contributed by atoms with E-state index in [0.29, 0.717) is 31.0 Å². The topological polar surface area (TPSA) is 111 Å². The summed E-state index contributed by atoms with van der Waals surface area (Å²) >= 11 is 0. The van der Waals surface area contributed by atoms with Gasteiger partial charge in [-0.05, 0) is 33.7 Å². The zero-order valence-electron chi connectivity index (χ0n) is 17.0. The molecule has 1 fully saturated rings. The van der Waals surface area contributed by atoms with Gasteiger partial charge in [0.2, 0.25) is 16.0 Å². The molecule has 158 valence electrons. The van der Waals surface area contributed by atoms with Crippen molar-refractivity contribution in [2.24, 2.45) is 0 Å². The summed E-state index contributed by atoms with van der Waals surface area (Å²) < 4.78 is 26.7. The molecule has 0 aromatic carbocycles. The maximum Gasteiger partial charge on any atom is 0.227 e. The highest BCUT2D eigenvalue weighted by molar-refractivity contribution is 7.89. The van der Waals surface area contributed by atoms with Gasteiger partial charge in [0, 0.05) is 50.7 Å². The summed E-state index contributed by atoms with van der Waals surface area (Å²) in [5, 5.41) is 13.3. The Morgan fingerprint density at radius 1 is 1.21 bits per heavy atom. The molecule has 0 spiro atoms. The molecule has 1 unspecified atom stereocenters. The van der Waals surface area contributed by atoms with Gasteiger partial charge < -0.3 is 20.2 Å². The minimum atomic E-state index is -3.34. The number of nitrogens with one attached hydrogen (secondary N) is 2. The number of anilines is 2. The summed E-state index contributed by atoms with van der Waals surface area (Å²) in [5.41, 5.74) is 1.87. The van der Waals surface area contributed by atoms with Crippen LogP contribution in [0.1, 0.15) is 31.5 Å². The van der Waals surface area contributed by atoms with Crippen LogP contribution in [0.25, 0.3) is 0 Å². The van der Waals surface area contributed by atoms with Crippen molar-refractivity contribution in [2.75, 3.05) is 55.7 Å². The Kier molecular flexibility index (Phi) is 6.74. The Morgan fingerprint density at radius 3 is 2.61 bits per heavy atom. The molecule has 1 aromatic rings. The van der Waals surface area contributed by atoms with Gasteiger partial charge in [0.25, 0.3) is 0 Å². The van der Waals surface area contributed by atoms with Crippen LogP contribution in [0.15, 0.2) is 0 Å². The molecule has 1 aromatic heterocycles. The number of aliphatic hydroxyl groups excluding tert-OH is 1. The van der Waals surface area contributed by atoms with Crippen LogP contribution in [0.2, 0.25) is 0 Å². The molecule has 1 aliphatic heterocycles. The Labute approximate surface area is 167 Å². The van der Waals surface area contributed by atoms with Crippen molar-refractivity contribution in [1.29, 1.82) is 0 Å². The highest BCUT2D eigenvalue weighted by Gasteiger charge is 2.25. The molecule has 2 aliphatic rings. The summed E-state index contributed by atoms with van der Waals surface area (Å²) in [6, 6.07) is -0.129. The number of rotatable bonds is 7. The third kappa shape index (κ3) is 5.53. The van der Waals surface area contributed by atoms with Gasteiger partial charge in [0.05, 0.1) is 17.6 Å². The summed E-state index contributed by atoms with van der Waals surface area (Å²) in [5.74, 6) is 1.31. The quantitative estimate of drug-likeness (QED) is 0.566. The summed E-state index contributed by atoms with van der Waals surface area (Å²) in [6.07, 6.45) is 1.50. The predicted molar refractivity (Wildman–Crippen MR) is 110 cm³/mol. The fourth-order valence-corrected chi connectivity index (χ4v) is 4.80. The van der Waals surface area contributed by atoms with Crippen LogP contribution in [-0.2, 0) is 22.9 Å². The lowest BCUT2D eigenvalue weighted by atomic mass is 9.94. The number of aliphatic hydroxyl groups is 1.